The summed E-state index contributed by atoms with van der Waals surface area (Å²) in [6.07, 6.45) is 1.56. The summed E-state index contributed by atoms with van der Waals surface area (Å²) < 4.78 is 10.1. The minimum atomic E-state index is -0.548. The van der Waals surface area contributed by atoms with Crippen LogP contribution in [0.3, 0.4) is 0 Å². The topological polar surface area (TPSA) is 84.9 Å². The molecule has 7 nitrogen and oxygen atoms in total. The Kier molecular flexibility index (Phi) is 5.96. The van der Waals surface area contributed by atoms with Crippen LogP contribution in [0, 0.1) is 0 Å². The summed E-state index contributed by atoms with van der Waals surface area (Å²) in [5.74, 6) is -0.443. The van der Waals surface area contributed by atoms with Gasteiger partial charge in [-0.1, -0.05) is 29.8 Å². The van der Waals surface area contributed by atoms with Gasteiger partial charge in [0.2, 0.25) is 0 Å². The van der Waals surface area contributed by atoms with Crippen molar-refractivity contribution in [2.75, 3.05) is 18.1 Å². The van der Waals surface area contributed by atoms with Gasteiger partial charge in [-0.2, -0.15) is 0 Å². The predicted octanol–water partition coefficient (Wildman–Crippen LogP) is 3.38. The molecule has 0 radical (unpaired) electrons. The molecule has 0 unspecified atom stereocenters. The van der Waals surface area contributed by atoms with E-state index < -0.39 is 17.9 Å². The molecule has 1 heterocycles. The molecule has 28 heavy (non-hydrogen) atoms. The SMILES string of the molecule is CCOC(=O)COc1ccc(/C=C2/NC(=O)N(c3cccc(Cl)c3)C2=O)cc1. The Labute approximate surface area is 166 Å². The highest BCUT2D eigenvalue weighted by molar-refractivity contribution is 6.32. The van der Waals surface area contributed by atoms with E-state index in [1.807, 2.05) is 0 Å². The van der Waals surface area contributed by atoms with E-state index in [0.29, 0.717) is 28.6 Å². The second-order valence-corrected chi connectivity index (χ2v) is 6.21. The van der Waals surface area contributed by atoms with E-state index in [2.05, 4.69) is 5.32 Å². The van der Waals surface area contributed by atoms with Crippen molar-refractivity contribution in [2.45, 2.75) is 6.92 Å². The first-order chi connectivity index (χ1) is 13.5. The van der Waals surface area contributed by atoms with Crippen molar-refractivity contribution < 1.29 is 23.9 Å². The molecule has 1 aliphatic rings. The number of nitrogens with one attached hydrogen (secondary N) is 1. The number of carbonyl (C=O) groups is 3. The van der Waals surface area contributed by atoms with Gasteiger partial charge < -0.3 is 14.8 Å². The lowest BCUT2D eigenvalue weighted by Crippen LogP contribution is -2.30. The molecule has 1 fully saturated rings. The molecule has 1 aliphatic heterocycles. The third kappa shape index (κ3) is 4.50. The van der Waals surface area contributed by atoms with E-state index in [1.54, 1.807) is 55.5 Å². The Morgan fingerprint density at radius 3 is 2.61 bits per heavy atom. The minimum Gasteiger partial charge on any atom is -0.482 e. The number of amides is 3. The van der Waals surface area contributed by atoms with Gasteiger partial charge in [-0.25, -0.2) is 14.5 Å². The molecule has 2 aromatic rings. The average molecular weight is 401 g/mol. The number of imide groups is 1. The van der Waals surface area contributed by atoms with E-state index >= 15 is 0 Å². The molecular formula is C20H17ClN2O5. The lowest BCUT2D eigenvalue weighted by molar-refractivity contribution is -0.145. The van der Waals surface area contributed by atoms with E-state index in [9.17, 15) is 14.4 Å². The third-order valence-corrected chi connectivity index (χ3v) is 4.03. The summed E-state index contributed by atoms with van der Waals surface area (Å²) in [6, 6.07) is 12.7. The average Bonchev–Trinajstić information content (AvgIpc) is 2.94. The molecule has 8 heteroatoms. The number of carbonyl (C=O) groups excluding carboxylic acids is 3. The van der Waals surface area contributed by atoms with Crippen molar-refractivity contribution in [1.82, 2.24) is 5.32 Å². The molecule has 0 aliphatic carbocycles. The Morgan fingerprint density at radius 1 is 1.18 bits per heavy atom. The summed E-state index contributed by atoms with van der Waals surface area (Å²) in [4.78, 5) is 37.1. The summed E-state index contributed by atoms with van der Waals surface area (Å²) >= 11 is 5.94. The van der Waals surface area contributed by atoms with Crippen LogP contribution >= 0.6 is 11.6 Å². The van der Waals surface area contributed by atoms with Crippen LogP contribution < -0.4 is 15.0 Å². The minimum absolute atomic E-state index is 0.144. The third-order valence-electron chi connectivity index (χ3n) is 3.80. The highest BCUT2D eigenvalue weighted by atomic mass is 35.5. The molecule has 0 bridgehead atoms. The molecule has 1 saturated heterocycles. The van der Waals surface area contributed by atoms with Gasteiger partial charge in [0, 0.05) is 5.02 Å². The van der Waals surface area contributed by atoms with E-state index in [4.69, 9.17) is 21.1 Å². The van der Waals surface area contributed by atoms with Crippen LogP contribution in [0.4, 0.5) is 10.5 Å². The first-order valence-corrected chi connectivity index (χ1v) is 8.87. The van der Waals surface area contributed by atoms with E-state index in [0.717, 1.165) is 4.90 Å². The van der Waals surface area contributed by atoms with E-state index in [1.165, 1.54) is 6.07 Å². The van der Waals surface area contributed by atoms with Crippen molar-refractivity contribution in [3.63, 3.8) is 0 Å². The van der Waals surface area contributed by atoms with Crippen LogP contribution in [0.25, 0.3) is 6.08 Å². The lowest BCUT2D eigenvalue weighted by Gasteiger charge is -2.11. The van der Waals surface area contributed by atoms with E-state index in [-0.39, 0.29) is 12.3 Å². The van der Waals surface area contributed by atoms with Gasteiger partial charge in [-0.15, -0.1) is 0 Å². The smallest absolute Gasteiger partial charge is 0.344 e. The van der Waals surface area contributed by atoms with Crippen molar-refractivity contribution in [1.29, 1.82) is 0 Å². The van der Waals surface area contributed by atoms with Crippen molar-refractivity contribution in [3.05, 3.63) is 64.8 Å². The van der Waals surface area contributed by atoms with Crippen LogP contribution in [0.2, 0.25) is 5.02 Å². The van der Waals surface area contributed by atoms with Gasteiger partial charge in [0.1, 0.15) is 11.4 Å². The number of hydrogen-bond donors (Lipinski definition) is 1. The molecular weight excluding hydrogens is 384 g/mol. The van der Waals surface area contributed by atoms with Crippen LogP contribution in [-0.2, 0) is 14.3 Å². The fourth-order valence-corrected chi connectivity index (χ4v) is 2.74. The summed E-state index contributed by atoms with van der Waals surface area (Å²) in [6.45, 7) is 1.83. The molecule has 0 spiro atoms. The van der Waals surface area contributed by atoms with Crippen LogP contribution in [0.1, 0.15) is 12.5 Å². The molecule has 3 amide bonds. The van der Waals surface area contributed by atoms with Gasteiger partial charge >= 0.3 is 12.0 Å². The number of nitrogens with zero attached hydrogens (tertiary/aromatic N) is 1. The van der Waals surface area contributed by atoms with Crippen LogP contribution in [-0.4, -0.2) is 31.1 Å². The standard InChI is InChI=1S/C20H17ClN2O5/c1-2-27-18(24)12-28-16-8-6-13(7-9-16)10-17-19(25)23(20(26)22-17)15-5-3-4-14(21)11-15/h3-11H,2,12H2,1H3,(H,22,26)/b17-10+. The first kappa shape index (κ1) is 19.4. The second kappa shape index (κ2) is 8.58. The normalized spacial score (nSPS) is 14.9. The number of ether oxygens (including phenoxy) is 2. The number of anilines is 1. The fourth-order valence-electron chi connectivity index (χ4n) is 2.56. The number of hydrogen-bond acceptors (Lipinski definition) is 5. The van der Waals surface area contributed by atoms with Crippen molar-refractivity contribution >= 4 is 41.3 Å². The molecule has 144 valence electrons. The Bertz CT molecular complexity index is 940. The maximum atomic E-state index is 12.6. The van der Waals surface area contributed by atoms with Crippen molar-refractivity contribution in [3.8, 4) is 5.75 Å². The molecule has 0 saturated carbocycles. The molecule has 1 N–H and O–H groups in total. The maximum Gasteiger partial charge on any atom is 0.344 e. The largest absolute Gasteiger partial charge is 0.482 e. The van der Waals surface area contributed by atoms with Crippen molar-refractivity contribution in [2.24, 2.45) is 0 Å². The highest BCUT2D eigenvalue weighted by Crippen LogP contribution is 2.25. The van der Waals surface area contributed by atoms with Gasteiger partial charge in [0.25, 0.3) is 5.91 Å². The van der Waals surface area contributed by atoms with Gasteiger partial charge in [0.05, 0.1) is 12.3 Å². The summed E-state index contributed by atoms with van der Waals surface area (Å²) in [5, 5.41) is 2.98. The van der Waals surface area contributed by atoms with Crippen LogP contribution in [0.5, 0.6) is 5.75 Å². The molecule has 2 aromatic carbocycles. The zero-order chi connectivity index (χ0) is 20.1. The second-order valence-electron chi connectivity index (χ2n) is 5.77. The lowest BCUT2D eigenvalue weighted by atomic mass is 10.2. The summed E-state index contributed by atoms with van der Waals surface area (Å²) in [7, 11) is 0. The Hall–Kier alpha value is -3.32. The zero-order valence-electron chi connectivity index (χ0n) is 15.0. The zero-order valence-corrected chi connectivity index (χ0v) is 15.7. The first-order valence-electron chi connectivity index (χ1n) is 8.49. The molecule has 3 rings (SSSR count). The number of rotatable bonds is 6. The number of halogens is 1. The maximum absolute atomic E-state index is 12.6. The molecule has 0 aromatic heterocycles. The number of esters is 1. The van der Waals surface area contributed by atoms with Gasteiger partial charge in [0.15, 0.2) is 6.61 Å². The van der Waals surface area contributed by atoms with Crippen LogP contribution in [0.15, 0.2) is 54.2 Å². The molecule has 0 atom stereocenters. The quantitative estimate of drug-likeness (QED) is 0.456. The predicted molar refractivity (Wildman–Crippen MR) is 104 cm³/mol. The van der Waals surface area contributed by atoms with Gasteiger partial charge in [-0.3, -0.25) is 4.79 Å². The highest BCUT2D eigenvalue weighted by Gasteiger charge is 2.34. The Morgan fingerprint density at radius 2 is 1.93 bits per heavy atom. The Balaban J connectivity index is 1.71. The monoisotopic (exact) mass is 400 g/mol. The number of urea groups is 1. The van der Waals surface area contributed by atoms with Gasteiger partial charge in [-0.05, 0) is 48.9 Å². The summed E-state index contributed by atoms with van der Waals surface area (Å²) in [5.41, 5.74) is 1.21. The number of benzene rings is 2. The fraction of sp³-hybridized carbons (Fsp3) is 0.150.